The summed E-state index contributed by atoms with van der Waals surface area (Å²) in [6.07, 6.45) is 6.90. The summed E-state index contributed by atoms with van der Waals surface area (Å²) in [6, 6.07) is 9.81. The lowest BCUT2D eigenvalue weighted by Gasteiger charge is -2.19. The predicted octanol–water partition coefficient (Wildman–Crippen LogP) is 3.67. The monoisotopic (exact) mass is 243 g/mol. The molecule has 1 fully saturated rings. The summed E-state index contributed by atoms with van der Waals surface area (Å²) < 4.78 is 0. The fourth-order valence-corrected chi connectivity index (χ4v) is 3.78. The highest BCUT2D eigenvalue weighted by Crippen LogP contribution is 2.59. The Morgan fingerprint density at radius 2 is 2.11 bits per heavy atom. The van der Waals surface area contributed by atoms with Crippen molar-refractivity contribution in [1.82, 2.24) is 5.32 Å². The molecule has 0 amide bonds. The van der Waals surface area contributed by atoms with Crippen LogP contribution in [0, 0.1) is 5.92 Å². The summed E-state index contributed by atoms with van der Waals surface area (Å²) in [7, 11) is 0. The second-order valence-electron chi connectivity index (χ2n) is 6.48. The molecule has 0 heterocycles. The summed E-state index contributed by atoms with van der Waals surface area (Å²) >= 11 is 0. The lowest BCUT2D eigenvalue weighted by molar-refractivity contribution is 0.488. The number of benzene rings is 1. The van der Waals surface area contributed by atoms with E-state index in [1.165, 1.54) is 38.6 Å². The molecule has 0 radical (unpaired) electrons. The molecule has 1 spiro atoms. The summed E-state index contributed by atoms with van der Waals surface area (Å²) in [5.74, 6) is 0.874. The Morgan fingerprint density at radius 1 is 1.28 bits per heavy atom. The van der Waals surface area contributed by atoms with Gasteiger partial charge >= 0.3 is 0 Å². The zero-order chi connectivity index (χ0) is 12.6. The molecule has 2 atom stereocenters. The number of nitrogens with one attached hydrogen (secondary N) is 1. The van der Waals surface area contributed by atoms with E-state index in [2.05, 4.69) is 43.4 Å². The number of hydrogen-bond acceptors (Lipinski definition) is 1. The first-order valence-corrected chi connectivity index (χ1v) is 7.54. The second kappa shape index (κ2) is 4.70. The Kier molecular flexibility index (Phi) is 3.19. The highest BCUT2D eigenvalue weighted by molar-refractivity contribution is 5.41. The molecule has 2 aliphatic rings. The van der Waals surface area contributed by atoms with Crippen LogP contribution >= 0.6 is 0 Å². The Labute approximate surface area is 111 Å². The van der Waals surface area contributed by atoms with Crippen molar-refractivity contribution in [3.63, 3.8) is 0 Å². The van der Waals surface area contributed by atoms with Crippen molar-refractivity contribution < 1.29 is 0 Å². The molecule has 1 N–H and O–H groups in total. The van der Waals surface area contributed by atoms with Gasteiger partial charge in [-0.15, -0.1) is 0 Å². The van der Waals surface area contributed by atoms with Crippen LogP contribution in [0.1, 0.15) is 50.7 Å². The molecule has 98 valence electrons. The molecule has 18 heavy (non-hydrogen) atoms. The van der Waals surface area contributed by atoms with Crippen LogP contribution in [0.15, 0.2) is 24.3 Å². The molecule has 1 aromatic carbocycles. The van der Waals surface area contributed by atoms with Crippen molar-refractivity contribution in [1.29, 1.82) is 0 Å². The summed E-state index contributed by atoms with van der Waals surface area (Å²) in [6.45, 7) is 5.69. The Balaban J connectivity index is 1.81. The third-order valence-corrected chi connectivity index (χ3v) is 4.88. The highest BCUT2D eigenvalue weighted by Gasteiger charge is 2.55. The smallest absolute Gasteiger partial charge is 0.00104 e. The standard InChI is InChI=1S/C17H25N/c1-13(2)18-12-15-11-17(15)10-6-5-8-14-7-3-4-9-16(14)17/h3-4,7,9,13,15,18H,5-6,8,10-12H2,1-2H3. The van der Waals surface area contributed by atoms with Crippen molar-refractivity contribution in [3.8, 4) is 0 Å². The molecule has 1 saturated carbocycles. The van der Waals surface area contributed by atoms with E-state index in [1.54, 1.807) is 11.1 Å². The largest absolute Gasteiger partial charge is 0.314 e. The van der Waals surface area contributed by atoms with Gasteiger partial charge in [-0.25, -0.2) is 0 Å². The van der Waals surface area contributed by atoms with Crippen LogP contribution in [0.4, 0.5) is 0 Å². The van der Waals surface area contributed by atoms with Crippen molar-refractivity contribution in [2.75, 3.05) is 6.54 Å². The molecular formula is C17H25N. The van der Waals surface area contributed by atoms with Gasteiger partial charge in [0.25, 0.3) is 0 Å². The minimum absolute atomic E-state index is 0.537. The third kappa shape index (κ3) is 2.09. The third-order valence-electron chi connectivity index (χ3n) is 4.88. The molecule has 0 aromatic heterocycles. The molecule has 1 nitrogen and oxygen atoms in total. The summed E-state index contributed by atoms with van der Waals surface area (Å²) in [5.41, 5.74) is 3.84. The van der Waals surface area contributed by atoms with Crippen molar-refractivity contribution >= 4 is 0 Å². The van der Waals surface area contributed by atoms with Gasteiger partial charge in [0, 0.05) is 6.04 Å². The number of hydrogen-bond donors (Lipinski definition) is 1. The maximum atomic E-state index is 3.63. The van der Waals surface area contributed by atoms with Crippen LogP contribution in [0.2, 0.25) is 0 Å². The molecule has 3 rings (SSSR count). The van der Waals surface area contributed by atoms with Gasteiger partial charge in [-0.05, 0) is 54.7 Å². The Morgan fingerprint density at radius 3 is 2.94 bits per heavy atom. The van der Waals surface area contributed by atoms with Gasteiger partial charge in [-0.1, -0.05) is 44.5 Å². The van der Waals surface area contributed by atoms with E-state index >= 15 is 0 Å². The van der Waals surface area contributed by atoms with Gasteiger partial charge in [-0.3, -0.25) is 0 Å². The fraction of sp³-hybridized carbons (Fsp3) is 0.647. The molecule has 0 saturated heterocycles. The highest BCUT2D eigenvalue weighted by atomic mass is 14.9. The molecule has 0 bridgehead atoms. The number of aryl methyl sites for hydroxylation is 1. The van der Waals surface area contributed by atoms with Gasteiger partial charge < -0.3 is 5.32 Å². The predicted molar refractivity (Wildman–Crippen MR) is 76.9 cm³/mol. The van der Waals surface area contributed by atoms with Crippen LogP contribution < -0.4 is 5.32 Å². The quantitative estimate of drug-likeness (QED) is 0.854. The number of rotatable bonds is 3. The van der Waals surface area contributed by atoms with Crippen molar-refractivity contribution in [2.24, 2.45) is 5.92 Å². The van der Waals surface area contributed by atoms with Gasteiger partial charge in [-0.2, -0.15) is 0 Å². The zero-order valence-electron chi connectivity index (χ0n) is 11.7. The molecular weight excluding hydrogens is 218 g/mol. The van der Waals surface area contributed by atoms with E-state index in [9.17, 15) is 0 Å². The van der Waals surface area contributed by atoms with E-state index in [4.69, 9.17) is 0 Å². The van der Waals surface area contributed by atoms with E-state index < -0.39 is 0 Å². The average Bonchev–Trinajstić information content (AvgIpc) is 3.10. The first kappa shape index (κ1) is 12.2. The maximum Gasteiger partial charge on any atom is 0.00104 e. The van der Waals surface area contributed by atoms with Crippen LogP contribution in [-0.2, 0) is 11.8 Å². The Bertz CT molecular complexity index is 423. The van der Waals surface area contributed by atoms with Gasteiger partial charge in [0.2, 0.25) is 0 Å². The molecule has 1 heteroatoms. The van der Waals surface area contributed by atoms with Crippen LogP contribution in [0.25, 0.3) is 0 Å². The molecule has 0 aliphatic heterocycles. The molecule has 2 aliphatic carbocycles. The van der Waals surface area contributed by atoms with Gasteiger partial charge in [0.05, 0.1) is 0 Å². The molecule has 1 aromatic rings. The van der Waals surface area contributed by atoms with E-state index in [0.717, 1.165) is 5.92 Å². The van der Waals surface area contributed by atoms with E-state index in [-0.39, 0.29) is 0 Å². The van der Waals surface area contributed by atoms with Gasteiger partial charge in [0.1, 0.15) is 0 Å². The van der Waals surface area contributed by atoms with Crippen LogP contribution in [0.3, 0.4) is 0 Å². The van der Waals surface area contributed by atoms with Crippen molar-refractivity contribution in [3.05, 3.63) is 35.4 Å². The first-order valence-electron chi connectivity index (χ1n) is 7.54. The van der Waals surface area contributed by atoms with Crippen molar-refractivity contribution in [2.45, 2.75) is 57.4 Å². The van der Waals surface area contributed by atoms with Crippen LogP contribution in [0.5, 0.6) is 0 Å². The minimum atomic E-state index is 0.537. The molecule has 2 unspecified atom stereocenters. The lowest BCUT2D eigenvalue weighted by atomic mass is 9.87. The summed E-state index contributed by atoms with van der Waals surface area (Å²) in [4.78, 5) is 0. The topological polar surface area (TPSA) is 12.0 Å². The second-order valence-corrected chi connectivity index (χ2v) is 6.48. The lowest BCUT2D eigenvalue weighted by Crippen LogP contribution is -2.27. The maximum absolute atomic E-state index is 3.63. The summed E-state index contributed by atoms with van der Waals surface area (Å²) in [5, 5.41) is 3.63. The number of fused-ring (bicyclic) bond motifs is 2. The van der Waals surface area contributed by atoms with E-state index in [0.29, 0.717) is 11.5 Å². The van der Waals surface area contributed by atoms with Crippen LogP contribution in [-0.4, -0.2) is 12.6 Å². The zero-order valence-corrected chi connectivity index (χ0v) is 11.7. The minimum Gasteiger partial charge on any atom is -0.314 e. The fourth-order valence-electron chi connectivity index (χ4n) is 3.78. The SMILES string of the molecule is CC(C)NCC1CC12CCCCc1ccccc12. The van der Waals surface area contributed by atoms with Gasteiger partial charge in [0.15, 0.2) is 0 Å². The Hall–Kier alpha value is -0.820. The normalized spacial score (nSPS) is 30.3. The average molecular weight is 243 g/mol. The van der Waals surface area contributed by atoms with E-state index in [1.807, 2.05) is 0 Å². The first-order chi connectivity index (χ1) is 8.72.